The number of hydrogen-bond acceptors (Lipinski definition) is 1. The molecule has 0 spiro atoms. The second kappa shape index (κ2) is 16.1. The Labute approximate surface area is 145 Å². The summed E-state index contributed by atoms with van der Waals surface area (Å²) in [6.07, 6.45) is 21.3. The van der Waals surface area contributed by atoms with E-state index in [2.05, 4.69) is 32.9 Å². The van der Waals surface area contributed by atoms with Gasteiger partial charge in [-0.15, -0.1) is 0 Å². The Kier molecular flexibility index (Phi) is 15.5. The first-order valence-electron chi connectivity index (χ1n) is 10.0. The fourth-order valence-electron chi connectivity index (χ4n) is 3.06. The average molecular weight is 324 g/mol. The van der Waals surface area contributed by atoms with Crippen LogP contribution in [0.3, 0.4) is 0 Å². The lowest BCUT2D eigenvalue weighted by Gasteiger charge is -2.16. The molecule has 2 N–H and O–H groups in total. The largest absolute Gasteiger partial charge is 0.369 e. The van der Waals surface area contributed by atoms with Crippen LogP contribution in [-0.4, -0.2) is 5.91 Å². The van der Waals surface area contributed by atoms with Gasteiger partial charge in [-0.05, 0) is 38.0 Å². The van der Waals surface area contributed by atoms with Gasteiger partial charge in [-0.1, -0.05) is 84.3 Å². The quantitative estimate of drug-likeness (QED) is 0.259. The molecule has 0 fully saturated rings. The molecule has 0 aromatic carbocycles. The van der Waals surface area contributed by atoms with Crippen molar-refractivity contribution in [2.24, 2.45) is 17.6 Å². The third-order valence-electron chi connectivity index (χ3n) is 4.70. The summed E-state index contributed by atoms with van der Waals surface area (Å²) >= 11 is 0. The predicted molar refractivity (Wildman–Crippen MR) is 102 cm³/mol. The monoisotopic (exact) mass is 323 g/mol. The first kappa shape index (κ1) is 22.2. The highest BCUT2D eigenvalue weighted by Gasteiger charge is 2.18. The second-order valence-corrected chi connectivity index (χ2v) is 7.27. The molecule has 2 nitrogen and oxygen atoms in total. The smallest absolute Gasteiger partial charge is 0.220 e. The highest BCUT2D eigenvalue weighted by Crippen LogP contribution is 2.19. The minimum atomic E-state index is -0.127. The number of allylic oxidation sites excluding steroid dienone is 2. The number of hydrogen-bond donors (Lipinski definition) is 1. The number of rotatable bonds is 16. The zero-order valence-electron chi connectivity index (χ0n) is 16.0. The van der Waals surface area contributed by atoms with Crippen LogP contribution >= 0.6 is 0 Å². The van der Waals surface area contributed by atoms with Gasteiger partial charge in [-0.3, -0.25) is 4.79 Å². The van der Waals surface area contributed by atoms with Crippen molar-refractivity contribution in [3.63, 3.8) is 0 Å². The molecule has 0 aliphatic rings. The maximum Gasteiger partial charge on any atom is 0.220 e. The third-order valence-corrected chi connectivity index (χ3v) is 4.70. The van der Waals surface area contributed by atoms with Crippen LogP contribution in [0.1, 0.15) is 104 Å². The highest BCUT2D eigenvalue weighted by molar-refractivity contribution is 5.76. The van der Waals surface area contributed by atoms with Crippen molar-refractivity contribution in [2.75, 3.05) is 0 Å². The fourth-order valence-corrected chi connectivity index (χ4v) is 3.06. The Hall–Kier alpha value is -0.790. The van der Waals surface area contributed by atoms with E-state index in [4.69, 9.17) is 5.73 Å². The molecule has 23 heavy (non-hydrogen) atoms. The van der Waals surface area contributed by atoms with Crippen LogP contribution in [0.4, 0.5) is 0 Å². The standard InChI is InChI=1S/C21H41NO/c1-4-5-6-7-8-9-10-11-12-13-14-15-16-17-18-20(19(2)3)21(22)23/h11-12,19-20H,4-10,13-18H2,1-3H3,(H2,22,23)/b12-11-. The lowest BCUT2D eigenvalue weighted by atomic mass is 9.89. The number of amides is 1. The van der Waals surface area contributed by atoms with Crippen molar-refractivity contribution in [3.05, 3.63) is 12.2 Å². The molecule has 0 rings (SSSR count). The molecule has 0 saturated heterocycles. The molecular formula is C21H41NO. The number of carbonyl (C=O) groups is 1. The molecular weight excluding hydrogens is 282 g/mol. The van der Waals surface area contributed by atoms with Gasteiger partial charge in [0, 0.05) is 5.92 Å². The van der Waals surface area contributed by atoms with Crippen LogP contribution < -0.4 is 5.73 Å². The van der Waals surface area contributed by atoms with E-state index in [9.17, 15) is 4.79 Å². The third kappa shape index (κ3) is 14.5. The predicted octanol–water partition coefficient (Wildman–Crippen LogP) is 6.39. The lowest BCUT2D eigenvalue weighted by Crippen LogP contribution is -2.27. The van der Waals surface area contributed by atoms with Crippen LogP contribution in [0.25, 0.3) is 0 Å². The normalized spacial score (nSPS) is 13.0. The summed E-state index contributed by atoms with van der Waals surface area (Å²) in [5.41, 5.74) is 5.44. The summed E-state index contributed by atoms with van der Waals surface area (Å²) in [7, 11) is 0. The summed E-state index contributed by atoms with van der Waals surface area (Å²) in [6.45, 7) is 6.44. The second-order valence-electron chi connectivity index (χ2n) is 7.27. The molecule has 0 aliphatic heterocycles. The summed E-state index contributed by atoms with van der Waals surface area (Å²) in [5, 5.41) is 0. The van der Waals surface area contributed by atoms with Crippen molar-refractivity contribution in [2.45, 2.75) is 104 Å². The molecule has 0 bridgehead atoms. The summed E-state index contributed by atoms with van der Waals surface area (Å²) < 4.78 is 0. The topological polar surface area (TPSA) is 43.1 Å². The first-order valence-corrected chi connectivity index (χ1v) is 10.0. The maximum absolute atomic E-state index is 11.3. The summed E-state index contributed by atoms with van der Waals surface area (Å²) in [4.78, 5) is 11.3. The summed E-state index contributed by atoms with van der Waals surface area (Å²) in [6, 6.07) is 0. The number of carbonyl (C=O) groups excluding carboxylic acids is 1. The van der Waals surface area contributed by atoms with Gasteiger partial charge in [-0.25, -0.2) is 0 Å². The zero-order chi connectivity index (χ0) is 17.3. The Bertz CT molecular complexity index is 296. The van der Waals surface area contributed by atoms with E-state index < -0.39 is 0 Å². The molecule has 0 heterocycles. The van der Waals surface area contributed by atoms with Crippen molar-refractivity contribution in [1.29, 1.82) is 0 Å². The van der Waals surface area contributed by atoms with Gasteiger partial charge in [0.05, 0.1) is 0 Å². The Balaban J connectivity index is 3.35. The fraction of sp³-hybridized carbons (Fsp3) is 0.857. The maximum atomic E-state index is 11.3. The minimum absolute atomic E-state index is 0.0622. The van der Waals surface area contributed by atoms with E-state index in [1.807, 2.05) is 0 Å². The van der Waals surface area contributed by atoms with Crippen LogP contribution in [0.15, 0.2) is 12.2 Å². The van der Waals surface area contributed by atoms with Gasteiger partial charge in [0.2, 0.25) is 5.91 Å². The van der Waals surface area contributed by atoms with Crippen LogP contribution in [0.2, 0.25) is 0 Å². The van der Waals surface area contributed by atoms with E-state index in [-0.39, 0.29) is 11.8 Å². The van der Waals surface area contributed by atoms with Crippen molar-refractivity contribution >= 4 is 5.91 Å². The first-order chi connectivity index (χ1) is 11.1. The van der Waals surface area contributed by atoms with Crippen molar-refractivity contribution < 1.29 is 4.79 Å². The number of unbranched alkanes of at least 4 members (excludes halogenated alkanes) is 10. The van der Waals surface area contributed by atoms with Crippen molar-refractivity contribution in [3.8, 4) is 0 Å². The molecule has 1 amide bonds. The molecule has 136 valence electrons. The molecule has 0 aromatic rings. The van der Waals surface area contributed by atoms with Crippen LogP contribution in [0, 0.1) is 11.8 Å². The Morgan fingerprint density at radius 3 is 1.78 bits per heavy atom. The summed E-state index contributed by atoms with van der Waals surface area (Å²) in [5.74, 6) is 0.308. The molecule has 2 heteroatoms. The van der Waals surface area contributed by atoms with E-state index in [1.165, 1.54) is 70.6 Å². The van der Waals surface area contributed by atoms with Gasteiger partial charge in [-0.2, -0.15) is 0 Å². The van der Waals surface area contributed by atoms with E-state index in [1.54, 1.807) is 0 Å². The molecule has 0 saturated carbocycles. The van der Waals surface area contributed by atoms with E-state index in [0.29, 0.717) is 5.92 Å². The average Bonchev–Trinajstić information content (AvgIpc) is 2.50. The zero-order valence-corrected chi connectivity index (χ0v) is 16.0. The lowest BCUT2D eigenvalue weighted by molar-refractivity contribution is -0.123. The number of primary amides is 1. The SMILES string of the molecule is CCCCCCCC/C=C\CCCCCCC(C(N)=O)C(C)C. The van der Waals surface area contributed by atoms with Gasteiger partial charge in [0.25, 0.3) is 0 Å². The van der Waals surface area contributed by atoms with Gasteiger partial charge in [0.15, 0.2) is 0 Å². The molecule has 1 atom stereocenters. The van der Waals surface area contributed by atoms with Crippen molar-refractivity contribution in [1.82, 2.24) is 0 Å². The Morgan fingerprint density at radius 1 is 0.826 bits per heavy atom. The van der Waals surface area contributed by atoms with Gasteiger partial charge < -0.3 is 5.73 Å². The van der Waals surface area contributed by atoms with Gasteiger partial charge >= 0.3 is 0 Å². The molecule has 0 aliphatic carbocycles. The number of nitrogens with two attached hydrogens (primary N) is 1. The Morgan fingerprint density at radius 2 is 1.30 bits per heavy atom. The molecule has 1 unspecified atom stereocenters. The van der Waals surface area contributed by atoms with Crippen LogP contribution in [0.5, 0.6) is 0 Å². The van der Waals surface area contributed by atoms with Crippen LogP contribution in [-0.2, 0) is 4.79 Å². The van der Waals surface area contributed by atoms with E-state index in [0.717, 1.165) is 12.8 Å². The van der Waals surface area contributed by atoms with E-state index >= 15 is 0 Å². The molecule has 0 radical (unpaired) electrons. The highest BCUT2D eigenvalue weighted by atomic mass is 16.1. The molecule has 0 aromatic heterocycles. The minimum Gasteiger partial charge on any atom is -0.369 e. The van der Waals surface area contributed by atoms with Gasteiger partial charge in [0.1, 0.15) is 0 Å².